The maximum absolute atomic E-state index is 11.2. The molecule has 2 rings (SSSR count). The number of nitrogens with one attached hydrogen (secondary N) is 1. The zero-order valence-corrected chi connectivity index (χ0v) is 9.45. The molecule has 0 amide bonds. The van der Waals surface area contributed by atoms with Gasteiger partial charge >= 0.3 is 5.97 Å². The number of aryl methyl sites for hydroxylation is 2. The number of carboxylic acid groups (broad SMARTS) is 1. The van der Waals surface area contributed by atoms with Gasteiger partial charge in [-0.3, -0.25) is 0 Å². The van der Waals surface area contributed by atoms with Crippen LogP contribution in [0.2, 0.25) is 0 Å². The van der Waals surface area contributed by atoms with Crippen LogP contribution in [0, 0.1) is 13.8 Å². The summed E-state index contributed by atoms with van der Waals surface area (Å²) in [5.74, 6) is 0.460. The molecule has 1 fully saturated rings. The molecule has 0 spiro atoms. The average Bonchev–Trinajstić information content (AvgIpc) is 2.09. The third-order valence-electron chi connectivity index (χ3n) is 2.95. The van der Waals surface area contributed by atoms with Crippen LogP contribution < -0.4 is 5.32 Å². The van der Waals surface area contributed by atoms with Gasteiger partial charge in [0.15, 0.2) is 0 Å². The number of aliphatic carboxylic acids is 1. The summed E-state index contributed by atoms with van der Waals surface area (Å²) >= 11 is 0. The third kappa shape index (κ3) is 1.85. The number of aromatic nitrogens is 2. The zero-order valence-electron chi connectivity index (χ0n) is 9.45. The van der Waals surface area contributed by atoms with Crippen molar-refractivity contribution < 1.29 is 9.90 Å². The molecular weight excluding hydrogens is 206 g/mol. The van der Waals surface area contributed by atoms with Crippen LogP contribution in [0.15, 0.2) is 6.07 Å². The maximum atomic E-state index is 11.2. The van der Waals surface area contributed by atoms with Crippen LogP contribution >= 0.6 is 0 Å². The fourth-order valence-corrected chi connectivity index (χ4v) is 1.95. The molecule has 0 atom stereocenters. The van der Waals surface area contributed by atoms with Crippen molar-refractivity contribution in [2.45, 2.75) is 38.6 Å². The van der Waals surface area contributed by atoms with Gasteiger partial charge in [0, 0.05) is 11.8 Å². The van der Waals surface area contributed by atoms with Gasteiger partial charge in [0.05, 0.1) is 0 Å². The predicted octanol–water partition coefficient (Wildman–Crippen LogP) is 1.51. The second kappa shape index (κ2) is 3.73. The maximum Gasteiger partial charge on any atom is 0.329 e. The van der Waals surface area contributed by atoms with Gasteiger partial charge in [-0.25, -0.2) is 14.8 Å². The highest BCUT2D eigenvalue weighted by Gasteiger charge is 2.44. The molecule has 0 aliphatic heterocycles. The summed E-state index contributed by atoms with van der Waals surface area (Å²) in [4.78, 5) is 19.5. The molecular formula is C11H15N3O2. The number of hydrogen-bond acceptors (Lipinski definition) is 4. The Bertz CT molecular complexity index is 407. The molecule has 1 aliphatic carbocycles. The number of hydrogen-bond donors (Lipinski definition) is 2. The van der Waals surface area contributed by atoms with E-state index in [1.165, 1.54) is 0 Å². The molecule has 0 bridgehead atoms. The summed E-state index contributed by atoms with van der Waals surface area (Å²) in [7, 11) is 0. The van der Waals surface area contributed by atoms with Crippen molar-refractivity contribution in [3.63, 3.8) is 0 Å². The molecule has 0 radical (unpaired) electrons. The first kappa shape index (κ1) is 10.9. The lowest BCUT2D eigenvalue weighted by molar-refractivity contribution is -0.145. The molecule has 86 valence electrons. The molecule has 1 heterocycles. The van der Waals surface area contributed by atoms with Crippen LogP contribution in [-0.4, -0.2) is 26.6 Å². The number of anilines is 1. The molecule has 0 saturated heterocycles. The van der Waals surface area contributed by atoms with E-state index < -0.39 is 11.5 Å². The van der Waals surface area contributed by atoms with Gasteiger partial charge in [-0.05, 0) is 33.1 Å². The summed E-state index contributed by atoms with van der Waals surface area (Å²) in [5, 5.41) is 12.2. The van der Waals surface area contributed by atoms with Gasteiger partial charge in [-0.2, -0.15) is 0 Å². The summed E-state index contributed by atoms with van der Waals surface area (Å²) in [6, 6.07) is 1.77. The Hall–Kier alpha value is -1.65. The molecule has 5 nitrogen and oxygen atoms in total. The second-order valence-electron chi connectivity index (χ2n) is 4.31. The van der Waals surface area contributed by atoms with E-state index in [0.717, 1.165) is 12.1 Å². The van der Waals surface area contributed by atoms with Crippen LogP contribution in [0.3, 0.4) is 0 Å². The number of carbonyl (C=O) groups is 1. The van der Waals surface area contributed by atoms with E-state index in [-0.39, 0.29) is 0 Å². The second-order valence-corrected chi connectivity index (χ2v) is 4.31. The van der Waals surface area contributed by atoms with Crippen molar-refractivity contribution in [3.8, 4) is 0 Å². The van der Waals surface area contributed by atoms with Crippen LogP contribution in [0.1, 0.15) is 30.8 Å². The molecule has 16 heavy (non-hydrogen) atoms. The molecule has 1 aromatic heterocycles. The molecule has 0 aromatic carbocycles. The van der Waals surface area contributed by atoms with Crippen molar-refractivity contribution in [2.24, 2.45) is 0 Å². The fraction of sp³-hybridized carbons (Fsp3) is 0.545. The van der Waals surface area contributed by atoms with Crippen molar-refractivity contribution >= 4 is 11.8 Å². The van der Waals surface area contributed by atoms with Crippen molar-refractivity contribution in [2.75, 3.05) is 5.32 Å². The van der Waals surface area contributed by atoms with E-state index in [1.807, 2.05) is 6.92 Å². The Morgan fingerprint density at radius 3 is 2.56 bits per heavy atom. The highest BCUT2D eigenvalue weighted by Crippen LogP contribution is 2.35. The first-order valence-corrected chi connectivity index (χ1v) is 5.36. The third-order valence-corrected chi connectivity index (χ3v) is 2.95. The summed E-state index contributed by atoms with van der Waals surface area (Å²) in [6.45, 7) is 3.67. The Kier molecular flexibility index (Phi) is 2.53. The highest BCUT2D eigenvalue weighted by atomic mass is 16.4. The van der Waals surface area contributed by atoms with Crippen molar-refractivity contribution in [3.05, 3.63) is 17.6 Å². The quantitative estimate of drug-likeness (QED) is 0.809. The zero-order chi connectivity index (χ0) is 11.8. The molecule has 5 heteroatoms. The highest BCUT2D eigenvalue weighted by molar-refractivity contribution is 5.83. The van der Waals surface area contributed by atoms with Crippen LogP contribution in [0.5, 0.6) is 0 Å². The van der Waals surface area contributed by atoms with Crippen molar-refractivity contribution in [1.82, 2.24) is 9.97 Å². The van der Waals surface area contributed by atoms with Crippen LogP contribution in [-0.2, 0) is 4.79 Å². The lowest BCUT2D eigenvalue weighted by atomic mass is 9.77. The van der Waals surface area contributed by atoms with E-state index in [4.69, 9.17) is 0 Å². The number of nitrogens with zero attached hydrogens (tertiary/aromatic N) is 2. The van der Waals surface area contributed by atoms with E-state index in [2.05, 4.69) is 15.3 Å². The van der Waals surface area contributed by atoms with Gasteiger partial charge in [-0.15, -0.1) is 0 Å². The molecule has 2 N–H and O–H groups in total. The predicted molar refractivity (Wildman–Crippen MR) is 59.3 cm³/mol. The first-order valence-electron chi connectivity index (χ1n) is 5.36. The average molecular weight is 221 g/mol. The van der Waals surface area contributed by atoms with E-state index in [0.29, 0.717) is 24.5 Å². The molecule has 1 aliphatic rings. The smallest absolute Gasteiger partial charge is 0.329 e. The summed E-state index contributed by atoms with van der Waals surface area (Å²) in [5.41, 5.74) is 0.0302. The number of carboxylic acids is 1. The fourth-order valence-electron chi connectivity index (χ4n) is 1.95. The van der Waals surface area contributed by atoms with Crippen LogP contribution in [0.4, 0.5) is 5.82 Å². The Labute approximate surface area is 93.9 Å². The van der Waals surface area contributed by atoms with Gasteiger partial charge in [-0.1, -0.05) is 0 Å². The van der Waals surface area contributed by atoms with Gasteiger partial charge in [0.25, 0.3) is 0 Å². The first-order chi connectivity index (χ1) is 7.52. The molecule has 1 saturated carbocycles. The minimum Gasteiger partial charge on any atom is -0.480 e. The minimum atomic E-state index is -0.812. The Morgan fingerprint density at radius 1 is 1.44 bits per heavy atom. The van der Waals surface area contributed by atoms with Gasteiger partial charge in [0.2, 0.25) is 0 Å². The lowest BCUT2D eigenvalue weighted by Gasteiger charge is -2.38. The lowest BCUT2D eigenvalue weighted by Crippen LogP contribution is -2.52. The topological polar surface area (TPSA) is 75.1 Å². The monoisotopic (exact) mass is 221 g/mol. The SMILES string of the molecule is Cc1cc(NC2(C(=O)O)CCC2)nc(C)n1. The normalized spacial score (nSPS) is 17.6. The largest absolute Gasteiger partial charge is 0.480 e. The Morgan fingerprint density at radius 2 is 2.12 bits per heavy atom. The summed E-state index contributed by atoms with van der Waals surface area (Å²) < 4.78 is 0. The van der Waals surface area contributed by atoms with E-state index in [1.54, 1.807) is 13.0 Å². The standard InChI is InChI=1S/C11H15N3O2/c1-7-6-9(13-8(2)12-7)14-11(10(15)16)4-3-5-11/h6H,3-5H2,1-2H3,(H,15,16)(H,12,13,14). The van der Waals surface area contributed by atoms with Crippen LogP contribution in [0.25, 0.3) is 0 Å². The van der Waals surface area contributed by atoms with Gasteiger partial charge < -0.3 is 10.4 Å². The minimum absolute atomic E-state index is 0.604. The molecule has 0 unspecified atom stereocenters. The summed E-state index contributed by atoms with van der Waals surface area (Å²) in [6.07, 6.45) is 2.26. The van der Waals surface area contributed by atoms with E-state index in [9.17, 15) is 9.90 Å². The van der Waals surface area contributed by atoms with Crippen molar-refractivity contribution in [1.29, 1.82) is 0 Å². The Balaban J connectivity index is 2.22. The molecule has 1 aromatic rings. The van der Waals surface area contributed by atoms with E-state index >= 15 is 0 Å². The van der Waals surface area contributed by atoms with Gasteiger partial charge in [0.1, 0.15) is 17.2 Å². The number of rotatable bonds is 3.